The third-order valence-corrected chi connectivity index (χ3v) is 11.4. The number of carbonyl (C=O) groups excluding carboxylic acids is 3. The third kappa shape index (κ3) is 6.95. The summed E-state index contributed by atoms with van der Waals surface area (Å²) in [4.78, 5) is 55.3. The quantitative estimate of drug-likeness (QED) is 0.224. The summed E-state index contributed by atoms with van der Waals surface area (Å²) in [5.74, 6) is -1.33. The molecule has 0 aromatic carbocycles. The molecule has 5 rings (SSSR count). The van der Waals surface area contributed by atoms with Gasteiger partial charge in [-0.1, -0.05) is 54.8 Å². The summed E-state index contributed by atoms with van der Waals surface area (Å²) in [6.07, 6.45) is 8.40. The lowest BCUT2D eigenvalue weighted by atomic mass is 9.76. The van der Waals surface area contributed by atoms with Crippen LogP contribution in [0.3, 0.4) is 0 Å². The molecule has 2 aliphatic carbocycles. The van der Waals surface area contributed by atoms with E-state index in [0.717, 1.165) is 25.7 Å². The standard InChI is InChI=1S/C31H49BrN6O6/c1-17-18(2)25-23(14-21(17)32)35-38(36-25)20-13-24-26(39)34-31(28(41)42)15-19(31)11-9-7-6-8-10-12-22(27(40)37(24)16-20)33-29(43)44-30(3,4)5/h9,11,17-25,35-36H,6-8,10,12-16H2,1-5H3,(H,33,43)(H,34,39)(H,41,42)/b11-9-/t17?,18?,19-,20+,21?,22-,23?,24+,25?,31+/m1/s1. The Hall–Kier alpha value is -2.22. The average molecular weight is 682 g/mol. The highest BCUT2D eigenvalue weighted by molar-refractivity contribution is 9.09. The van der Waals surface area contributed by atoms with Crippen molar-refractivity contribution in [2.24, 2.45) is 17.8 Å². The topological polar surface area (TPSA) is 152 Å². The summed E-state index contributed by atoms with van der Waals surface area (Å²) < 4.78 is 5.48. The zero-order valence-corrected chi connectivity index (χ0v) is 28.1. The van der Waals surface area contributed by atoms with Crippen LogP contribution in [-0.4, -0.2) is 91.7 Å². The molecular weight excluding hydrogens is 632 g/mol. The molecule has 10 atom stereocenters. The zero-order valence-electron chi connectivity index (χ0n) is 26.5. The van der Waals surface area contributed by atoms with E-state index in [-0.39, 0.29) is 36.5 Å². The maximum atomic E-state index is 14.2. The molecule has 5 N–H and O–H groups in total. The van der Waals surface area contributed by atoms with Gasteiger partial charge in [-0.3, -0.25) is 9.59 Å². The number of nitrogens with one attached hydrogen (secondary N) is 4. The molecule has 5 aliphatic rings. The maximum Gasteiger partial charge on any atom is 0.408 e. The van der Waals surface area contributed by atoms with Crippen LogP contribution in [0.25, 0.3) is 0 Å². The van der Waals surface area contributed by atoms with E-state index >= 15 is 0 Å². The largest absolute Gasteiger partial charge is 0.479 e. The first kappa shape index (κ1) is 33.2. The van der Waals surface area contributed by atoms with Crippen molar-refractivity contribution in [2.45, 2.75) is 132 Å². The molecule has 0 aromatic heterocycles. The van der Waals surface area contributed by atoms with Gasteiger partial charge in [0.2, 0.25) is 11.8 Å². The van der Waals surface area contributed by atoms with Crippen molar-refractivity contribution in [1.29, 1.82) is 0 Å². The van der Waals surface area contributed by atoms with E-state index in [1.165, 1.54) is 4.90 Å². The molecule has 0 spiro atoms. The van der Waals surface area contributed by atoms with Gasteiger partial charge in [0.1, 0.15) is 23.2 Å². The number of rotatable bonds is 3. The first-order chi connectivity index (χ1) is 20.7. The molecule has 246 valence electrons. The van der Waals surface area contributed by atoms with Crippen molar-refractivity contribution in [3.63, 3.8) is 0 Å². The molecule has 12 nitrogen and oxygen atoms in total. The van der Waals surface area contributed by atoms with Gasteiger partial charge in [0.15, 0.2) is 0 Å². The summed E-state index contributed by atoms with van der Waals surface area (Å²) in [6, 6.07) is -1.61. The van der Waals surface area contributed by atoms with E-state index in [2.05, 4.69) is 51.3 Å². The van der Waals surface area contributed by atoms with Gasteiger partial charge in [-0.15, -0.1) is 0 Å². The third-order valence-electron chi connectivity index (χ3n) is 10.2. The van der Waals surface area contributed by atoms with E-state index in [9.17, 15) is 24.3 Å². The lowest BCUT2D eigenvalue weighted by molar-refractivity contribution is -0.145. The van der Waals surface area contributed by atoms with E-state index in [4.69, 9.17) is 4.74 Å². The Morgan fingerprint density at radius 1 is 1.11 bits per heavy atom. The molecule has 2 saturated heterocycles. The first-order valence-electron chi connectivity index (χ1n) is 16.2. The second-order valence-corrected chi connectivity index (χ2v) is 15.6. The van der Waals surface area contributed by atoms with Crippen LogP contribution in [-0.2, 0) is 19.1 Å². The number of hydrazine groups is 2. The van der Waals surface area contributed by atoms with Crippen molar-refractivity contribution in [2.75, 3.05) is 6.54 Å². The number of halogens is 1. The number of ether oxygens (including phenoxy) is 1. The monoisotopic (exact) mass is 680 g/mol. The van der Waals surface area contributed by atoms with Gasteiger partial charge in [-0.25, -0.2) is 20.4 Å². The Labute approximate surface area is 268 Å². The van der Waals surface area contributed by atoms with Gasteiger partial charge in [0.05, 0.1) is 6.04 Å². The maximum absolute atomic E-state index is 14.2. The number of aliphatic carboxylic acids is 1. The Kier molecular flexibility index (Phi) is 9.71. The van der Waals surface area contributed by atoms with E-state index < -0.39 is 41.2 Å². The highest BCUT2D eigenvalue weighted by atomic mass is 79.9. The minimum atomic E-state index is -1.37. The van der Waals surface area contributed by atoms with Crippen molar-refractivity contribution in [3.05, 3.63) is 12.2 Å². The van der Waals surface area contributed by atoms with Crippen LogP contribution >= 0.6 is 15.9 Å². The number of alkyl carbamates (subject to hydrolysis) is 1. The van der Waals surface area contributed by atoms with Gasteiger partial charge in [-0.2, -0.15) is 5.12 Å². The van der Waals surface area contributed by atoms with Gasteiger partial charge in [0, 0.05) is 29.4 Å². The molecule has 44 heavy (non-hydrogen) atoms. The second kappa shape index (κ2) is 12.9. The Morgan fingerprint density at radius 2 is 1.86 bits per heavy atom. The van der Waals surface area contributed by atoms with Gasteiger partial charge in [0.25, 0.3) is 0 Å². The number of hydrogen-bond acceptors (Lipinski definition) is 8. The molecule has 4 fully saturated rings. The summed E-state index contributed by atoms with van der Waals surface area (Å²) in [5, 5.41) is 17.7. The molecular formula is C31H49BrN6O6. The minimum absolute atomic E-state index is 0.198. The number of alkyl halides is 1. The lowest BCUT2D eigenvalue weighted by Gasteiger charge is -2.38. The van der Waals surface area contributed by atoms with Crippen molar-refractivity contribution < 1.29 is 29.0 Å². The Bertz CT molecular complexity index is 1160. The Balaban J connectivity index is 1.40. The number of fused-ring (bicyclic) bond motifs is 3. The number of amides is 3. The summed E-state index contributed by atoms with van der Waals surface area (Å²) >= 11 is 3.84. The SMILES string of the molecule is CC1C(Br)CC2NN([C@H]3C[C@H]4C(=O)N[C@@]5(C(=O)O)C[C@H]5/C=C\CCCCC[C@@H](NC(=O)OC(C)(C)C)C(=O)N4C3)NC2C1C. The molecule has 13 heteroatoms. The van der Waals surface area contributed by atoms with E-state index in [1.807, 2.05) is 17.3 Å². The van der Waals surface area contributed by atoms with Gasteiger partial charge >= 0.3 is 12.1 Å². The summed E-state index contributed by atoms with van der Waals surface area (Å²) in [6.45, 7) is 10.0. The summed E-state index contributed by atoms with van der Waals surface area (Å²) in [5.41, 5.74) is 5.11. The minimum Gasteiger partial charge on any atom is -0.479 e. The highest BCUT2D eigenvalue weighted by Crippen LogP contribution is 2.45. The molecule has 3 amide bonds. The number of carboxylic acids is 1. The number of carbonyl (C=O) groups is 4. The van der Waals surface area contributed by atoms with Crippen LogP contribution in [0.4, 0.5) is 4.79 Å². The smallest absolute Gasteiger partial charge is 0.408 e. The van der Waals surface area contributed by atoms with Crippen LogP contribution < -0.4 is 21.5 Å². The van der Waals surface area contributed by atoms with Gasteiger partial charge < -0.3 is 25.4 Å². The normalized spacial score (nSPS) is 40.9. The first-order valence-corrected chi connectivity index (χ1v) is 17.1. The fourth-order valence-corrected chi connectivity index (χ4v) is 8.15. The molecule has 0 aromatic rings. The van der Waals surface area contributed by atoms with Gasteiger partial charge in [-0.05, 0) is 71.1 Å². The second-order valence-electron chi connectivity index (χ2n) is 14.5. The molecule has 3 heterocycles. The fraction of sp³-hybridized carbons (Fsp3) is 0.806. The predicted octanol–water partition coefficient (Wildman–Crippen LogP) is 2.83. The van der Waals surface area contributed by atoms with Crippen molar-refractivity contribution in [3.8, 4) is 0 Å². The highest BCUT2D eigenvalue weighted by Gasteiger charge is 2.61. The number of carboxylic acid groups (broad SMARTS) is 1. The lowest BCUT2D eigenvalue weighted by Crippen LogP contribution is -2.56. The van der Waals surface area contributed by atoms with Crippen molar-refractivity contribution >= 4 is 39.8 Å². The number of nitrogens with zero attached hydrogens (tertiary/aromatic N) is 2. The molecule has 0 bridgehead atoms. The Morgan fingerprint density at radius 3 is 2.57 bits per heavy atom. The molecule has 5 unspecified atom stereocenters. The van der Waals surface area contributed by atoms with Crippen LogP contribution in [0, 0.1) is 17.8 Å². The predicted molar refractivity (Wildman–Crippen MR) is 167 cm³/mol. The van der Waals surface area contributed by atoms with E-state index in [0.29, 0.717) is 42.3 Å². The van der Waals surface area contributed by atoms with Crippen molar-refractivity contribution in [1.82, 2.24) is 31.5 Å². The van der Waals surface area contributed by atoms with Crippen LogP contribution in [0.2, 0.25) is 0 Å². The van der Waals surface area contributed by atoms with Crippen LogP contribution in [0.1, 0.15) is 86.0 Å². The van der Waals surface area contributed by atoms with E-state index in [1.54, 1.807) is 20.8 Å². The number of hydrogen-bond donors (Lipinski definition) is 5. The van der Waals surface area contributed by atoms with Crippen LogP contribution in [0.5, 0.6) is 0 Å². The molecule has 3 aliphatic heterocycles. The zero-order chi connectivity index (χ0) is 32.0. The molecule has 2 saturated carbocycles. The number of allylic oxidation sites excluding steroid dienone is 1. The fourth-order valence-electron chi connectivity index (χ4n) is 7.27. The van der Waals surface area contributed by atoms with Crippen LogP contribution in [0.15, 0.2) is 12.2 Å². The average Bonchev–Trinajstić information content (AvgIpc) is 3.25. The molecule has 0 radical (unpaired) electrons. The summed E-state index contributed by atoms with van der Waals surface area (Å²) in [7, 11) is 0.